The van der Waals surface area contributed by atoms with Gasteiger partial charge in [0.25, 0.3) is 0 Å². The molecule has 3 nitrogen and oxygen atoms in total. The van der Waals surface area contributed by atoms with E-state index in [-0.39, 0.29) is 0 Å². The molecule has 1 aromatic carbocycles. The van der Waals surface area contributed by atoms with Crippen molar-refractivity contribution in [2.45, 2.75) is 51.5 Å². The lowest BCUT2D eigenvalue weighted by Crippen LogP contribution is -2.31. The lowest BCUT2D eigenvalue weighted by molar-refractivity contribution is -0.131. The monoisotopic (exact) mass is 287 g/mol. The molecule has 3 heteroatoms. The van der Waals surface area contributed by atoms with E-state index in [4.69, 9.17) is 5.11 Å². The standard InChI is InChI=1S/C18H25NO2/c1-14-13-15(10-12-18(20)21)9-11-17(14)19(2)16-7-5-3-4-6-8-16/h9-13,16H,3-8H2,1-2H3,(H,20,21). The molecule has 0 aromatic heterocycles. The van der Waals surface area contributed by atoms with E-state index in [0.717, 1.165) is 5.56 Å². The molecule has 0 aliphatic heterocycles. The van der Waals surface area contributed by atoms with Crippen LogP contribution in [0.5, 0.6) is 0 Å². The van der Waals surface area contributed by atoms with Gasteiger partial charge < -0.3 is 10.0 Å². The predicted molar refractivity (Wildman–Crippen MR) is 87.7 cm³/mol. The van der Waals surface area contributed by atoms with E-state index in [1.807, 2.05) is 6.07 Å². The SMILES string of the molecule is Cc1cc(C=CC(=O)O)ccc1N(C)C1CCCCCC1. The Bertz CT molecular complexity index is 514. The maximum atomic E-state index is 10.6. The van der Waals surface area contributed by atoms with Crippen LogP contribution in [-0.2, 0) is 4.79 Å². The van der Waals surface area contributed by atoms with Gasteiger partial charge >= 0.3 is 5.97 Å². The Morgan fingerprint density at radius 3 is 2.48 bits per heavy atom. The summed E-state index contributed by atoms with van der Waals surface area (Å²) in [7, 11) is 2.19. The van der Waals surface area contributed by atoms with Crippen molar-refractivity contribution in [3.8, 4) is 0 Å². The highest BCUT2D eigenvalue weighted by atomic mass is 16.4. The first-order chi connectivity index (χ1) is 10.1. The number of aryl methyl sites for hydroxylation is 1. The lowest BCUT2D eigenvalue weighted by Gasteiger charge is -2.30. The zero-order valence-electron chi connectivity index (χ0n) is 13.0. The van der Waals surface area contributed by atoms with Crippen molar-refractivity contribution in [1.29, 1.82) is 0 Å². The van der Waals surface area contributed by atoms with Gasteiger partial charge in [-0.15, -0.1) is 0 Å². The van der Waals surface area contributed by atoms with Crippen LogP contribution >= 0.6 is 0 Å². The number of rotatable bonds is 4. The molecule has 0 spiro atoms. The van der Waals surface area contributed by atoms with E-state index in [0.29, 0.717) is 6.04 Å². The van der Waals surface area contributed by atoms with Gasteiger partial charge in [0.1, 0.15) is 0 Å². The summed E-state index contributed by atoms with van der Waals surface area (Å²) in [6.07, 6.45) is 10.8. The zero-order valence-corrected chi connectivity index (χ0v) is 13.0. The Balaban J connectivity index is 2.13. The second kappa shape index (κ2) is 7.30. The molecule has 0 amide bonds. The van der Waals surface area contributed by atoms with Crippen LogP contribution in [0.4, 0.5) is 5.69 Å². The minimum absolute atomic E-state index is 0.631. The fourth-order valence-electron chi connectivity index (χ4n) is 3.19. The molecule has 1 aliphatic carbocycles. The largest absolute Gasteiger partial charge is 0.478 e. The topological polar surface area (TPSA) is 40.5 Å². The van der Waals surface area contributed by atoms with Crippen LogP contribution in [0, 0.1) is 6.92 Å². The van der Waals surface area contributed by atoms with Crippen molar-refractivity contribution in [2.75, 3.05) is 11.9 Å². The number of benzene rings is 1. The van der Waals surface area contributed by atoms with Gasteiger partial charge in [-0.25, -0.2) is 4.79 Å². The van der Waals surface area contributed by atoms with Crippen LogP contribution < -0.4 is 4.90 Å². The number of nitrogens with zero attached hydrogens (tertiary/aromatic N) is 1. The second-order valence-electron chi connectivity index (χ2n) is 5.97. The van der Waals surface area contributed by atoms with Crippen molar-refractivity contribution < 1.29 is 9.90 Å². The average molecular weight is 287 g/mol. The third-order valence-electron chi connectivity index (χ3n) is 4.39. The van der Waals surface area contributed by atoms with Crippen LogP contribution in [0.15, 0.2) is 24.3 Å². The highest BCUT2D eigenvalue weighted by Crippen LogP contribution is 2.28. The van der Waals surface area contributed by atoms with Crippen LogP contribution in [0.1, 0.15) is 49.7 Å². The quantitative estimate of drug-likeness (QED) is 0.664. The molecule has 1 saturated carbocycles. The smallest absolute Gasteiger partial charge is 0.328 e. The van der Waals surface area contributed by atoms with Crippen LogP contribution in [0.2, 0.25) is 0 Å². The van der Waals surface area contributed by atoms with Crippen molar-refractivity contribution >= 4 is 17.7 Å². The fraction of sp³-hybridized carbons (Fsp3) is 0.500. The third-order valence-corrected chi connectivity index (χ3v) is 4.39. The van der Waals surface area contributed by atoms with Crippen molar-refractivity contribution in [3.63, 3.8) is 0 Å². The van der Waals surface area contributed by atoms with Crippen molar-refractivity contribution in [2.24, 2.45) is 0 Å². The predicted octanol–water partition coefficient (Wildman–Crippen LogP) is 4.25. The molecule has 0 bridgehead atoms. The molecule has 1 fully saturated rings. The van der Waals surface area contributed by atoms with Gasteiger partial charge in [0.05, 0.1) is 0 Å². The first kappa shape index (κ1) is 15.6. The Hall–Kier alpha value is -1.77. The van der Waals surface area contributed by atoms with Crippen LogP contribution in [0.3, 0.4) is 0 Å². The highest BCUT2D eigenvalue weighted by Gasteiger charge is 2.18. The van der Waals surface area contributed by atoms with E-state index in [2.05, 4.69) is 31.0 Å². The van der Waals surface area contributed by atoms with Crippen molar-refractivity contribution in [3.05, 3.63) is 35.4 Å². The molecule has 1 N–H and O–H groups in total. The van der Waals surface area contributed by atoms with Gasteiger partial charge in [-0.3, -0.25) is 0 Å². The zero-order chi connectivity index (χ0) is 15.2. The van der Waals surface area contributed by atoms with Crippen LogP contribution in [0.25, 0.3) is 6.08 Å². The van der Waals surface area contributed by atoms with Gasteiger partial charge in [0, 0.05) is 24.9 Å². The number of carboxylic acid groups (broad SMARTS) is 1. The van der Waals surface area contributed by atoms with Gasteiger partial charge in [-0.2, -0.15) is 0 Å². The van der Waals surface area contributed by atoms with E-state index in [9.17, 15) is 4.79 Å². The number of hydrogen-bond donors (Lipinski definition) is 1. The molecule has 114 valence electrons. The maximum Gasteiger partial charge on any atom is 0.328 e. The molecule has 0 unspecified atom stereocenters. The van der Waals surface area contributed by atoms with E-state index >= 15 is 0 Å². The summed E-state index contributed by atoms with van der Waals surface area (Å²) in [4.78, 5) is 13.0. The second-order valence-corrected chi connectivity index (χ2v) is 5.97. The van der Waals surface area contributed by atoms with E-state index in [1.165, 1.54) is 55.9 Å². The number of anilines is 1. The lowest BCUT2D eigenvalue weighted by atomic mass is 10.0. The molecule has 0 saturated heterocycles. The molecule has 2 rings (SSSR count). The first-order valence-corrected chi connectivity index (χ1v) is 7.82. The summed E-state index contributed by atoms with van der Waals surface area (Å²) < 4.78 is 0. The molecule has 0 radical (unpaired) electrons. The summed E-state index contributed by atoms with van der Waals surface area (Å²) >= 11 is 0. The van der Waals surface area contributed by atoms with Gasteiger partial charge in [-0.05, 0) is 49.1 Å². The summed E-state index contributed by atoms with van der Waals surface area (Å²) in [6.45, 7) is 2.10. The minimum atomic E-state index is -0.910. The Kier molecular flexibility index (Phi) is 5.43. The first-order valence-electron chi connectivity index (χ1n) is 7.82. The number of aliphatic carboxylic acids is 1. The molecule has 21 heavy (non-hydrogen) atoms. The van der Waals surface area contributed by atoms with Gasteiger partial charge in [0.2, 0.25) is 0 Å². The highest BCUT2D eigenvalue weighted by molar-refractivity contribution is 5.85. The summed E-state index contributed by atoms with van der Waals surface area (Å²) in [6, 6.07) is 6.80. The van der Waals surface area contributed by atoms with Gasteiger partial charge in [0.15, 0.2) is 0 Å². The third kappa shape index (κ3) is 4.35. The average Bonchev–Trinajstić information content (AvgIpc) is 2.73. The summed E-state index contributed by atoms with van der Waals surface area (Å²) in [5.74, 6) is -0.910. The summed E-state index contributed by atoms with van der Waals surface area (Å²) in [5.41, 5.74) is 3.40. The Labute approximate surface area is 127 Å². The molecule has 0 atom stereocenters. The molecular weight excluding hydrogens is 262 g/mol. The molecule has 1 aromatic rings. The fourth-order valence-corrected chi connectivity index (χ4v) is 3.19. The van der Waals surface area contributed by atoms with Gasteiger partial charge in [-0.1, -0.05) is 31.7 Å². The molecular formula is C18H25NO2. The Morgan fingerprint density at radius 1 is 1.24 bits per heavy atom. The number of hydrogen-bond acceptors (Lipinski definition) is 2. The number of carboxylic acids is 1. The van der Waals surface area contributed by atoms with Crippen molar-refractivity contribution in [1.82, 2.24) is 0 Å². The van der Waals surface area contributed by atoms with Crippen LogP contribution in [-0.4, -0.2) is 24.2 Å². The normalized spacial score (nSPS) is 16.9. The maximum absolute atomic E-state index is 10.6. The molecule has 1 aliphatic rings. The minimum Gasteiger partial charge on any atom is -0.478 e. The summed E-state index contributed by atoms with van der Waals surface area (Å²) in [5, 5.41) is 8.69. The molecule has 0 heterocycles. The Morgan fingerprint density at radius 2 is 1.90 bits per heavy atom. The number of carbonyl (C=O) groups is 1. The van der Waals surface area contributed by atoms with E-state index < -0.39 is 5.97 Å². The van der Waals surface area contributed by atoms with E-state index in [1.54, 1.807) is 6.08 Å².